The van der Waals surface area contributed by atoms with Gasteiger partial charge in [0.25, 0.3) is 0 Å². The van der Waals surface area contributed by atoms with Gasteiger partial charge in [0.05, 0.1) is 5.52 Å². The molecule has 0 fully saturated rings. The standard InChI is InChI=1S/C14H17ClN2O3S/c1-10-9-11-5-4-6-12(13(11)17-14(10)15)21(19,20)16-7-2-3-8-18/h4-6,9,16,18H,2-3,7-8H2,1H3. The van der Waals surface area contributed by atoms with Gasteiger partial charge < -0.3 is 5.11 Å². The molecule has 7 heteroatoms. The lowest BCUT2D eigenvalue weighted by Crippen LogP contribution is -2.25. The van der Waals surface area contributed by atoms with Crippen LogP contribution in [-0.2, 0) is 10.0 Å². The summed E-state index contributed by atoms with van der Waals surface area (Å²) < 4.78 is 27.2. The highest BCUT2D eigenvalue weighted by molar-refractivity contribution is 7.89. The van der Waals surface area contributed by atoms with Crippen molar-refractivity contribution < 1.29 is 13.5 Å². The Labute approximate surface area is 129 Å². The summed E-state index contributed by atoms with van der Waals surface area (Å²) in [6, 6.07) is 6.81. The fourth-order valence-corrected chi connectivity index (χ4v) is 3.38. The SMILES string of the molecule is Cc1cc2cccc(S(=O)(=O)NCCCCO)c2nc1Cl. The number of aromatic nitrogens is 1. The predicted molar refractivity (Wildman–Crippen MR) is 83.0 cm³/mol. The van der Waals surface area contributed by atoms with E-state index in [4.69, 9.17) is 16.7 Å². The highest BCUT2D eigenvalue weighted by Crippen LogP contribution is 2.25. The minimum Gasteiger partial charge on any atom is -0.396 e. The number of benzene rings is 1. The van der Waals surface area contributed by atoms with Crippen molar-refractivity contribution in [2.45, 2.75) is 24.7 Å². The van der Waals surface area contributed by atoms with Gasteiger partial charge in [0.1, 0.15) is 10.0 Å². The fraction of sp³-hybridized carbons (Fsp3) is 0.357. The summed E-state index contributed by atoms with van der Waals surface area (Å²) in [4.78, 5) is 4.31. The van der Waals surface area contributed by atoms with Gasteiger partial charge in [-0.25, -0.2) is 18.1 Å². The third-order valence-corrected chi connectivity index (χ3v) is 4.98. The maximum Gasteiger partial charge on any atom is 0.242 e. The number of rotatable bonds is 6. The first kappa shape index (κ1) is 16.2. The molecule has 5 nitrogen and oxygen atoms in total. The van der Waals surface area contributed by atoms with Crippen LogP contribution in [0.25, 0.3) is 10.9 Å². The van der Waals surface area contributed by atoms with Crippen LogP contribution in [-0.4, -0.2) is 31.7 Å². The zero-order chi connectivity index (χ0) is 15.5. The molecule has 0 bridgehead atoms. The van der Waals surface area contributed by atoms with Crippen LogP contribution in [0.3, 0.4) is 0 Å². The molecule has 1 heterocycles. The molecule has 2 rings (SSSR count). The summed E-state index contributed by atoms with van der Waals surface area (Å²) in [6.45, 7) is 2.15. The highest BCUT2D eigenvalue weighted by Gasteiger charge is 2.18. The number of hydrogen-bond acceptors (Lipinski definition) is 4. The van der Waals surface area contributed by atoms with E-state index in [0.29, 0.717) is 23.5 Å². The number of aryl methyl sites for hydroxylation is 1. The molecule has 0 aliphatic heterocycles. The number of nitrogens with one attached hydrogen (secondary N) is 1. The molecule has 0 amide bonds. The molecular weight excluding hydrogens is 312 g/mol. The van der Waals surface area contributed by atoms with Crippen molar-refractivity contribution in [2.24, 2.45) is 0 Å². The smallest absolute Gasteiger partial charge is 0.242 e. The number of para-hydroxylation sites is 1. The summed E-state index contributed by atoms with van der Waals surface area (Å²) in [5, 5.41) is 9.74. The van der Waals surface area contributed by atoms with Gasteiger partial charge >= 0.3 is 0 Å². The van der Waals surface area contributed by atoms with E-state index in [9.17, 15) is 8.42 Å². The molecule has 0 unspecified atom stereocenters. The summed E-state index contributed by atoms with van der Waals surface area (Å²) in [6.07, 6.45) is 1.13. The number of aliphatic hydroxyl groups is 1. The molecule has 2 N–H and O–H groups in total. The number of halogens is 1. The lowest BCUT2D eigenvalue weighted by Gasteiger charge is -2.10. The van der Waals surface area contributed by atoms with E-state index < -0.39 is 10.0 Å². The third kappa shape index (κ3) is 3.71. The molecule has 0 aliphatic carbocycles. The second kappa shape index (κ2) is 6.70. The second-order valence-corrected chi connectivity index (χ2v) is 6.85. The maximum absolute atomic E-state index is 12.3. The third-order valence-electron chi connectivity index (χ3n) is 3.10. The van der Waals surface area contributed by atoms with Gasteiger partial charge in [-0.1, -0.05) is 23.7 Å². The van der Waals surface area contributed by atoms with Crippen molar-refractivity contribution >= 4 is 32.5 Å². The minimum absolute atomic E-state index is 0.0481. The summed E-state index contributed by atoms with van der Waals surface area (Å²) >= 11 is 6.00. The molecule has 114 valence electrons. The van der Waals surface area contributed by atoms with Crippen LogP contribution in [0, 0.1) is 6.92 Å². The van der Waals surface area contributed by atoms with Gasteiger partial charge in [0, 0.05) is 18.5 Å². The van der Waals surface area contributed by atoms with Gasteiger partial charge in [0.2, 0.25) is 10.0 Å². The van der Waals surface area contributed by atoms with Gasteiger partial charge in [-0.05, 0) is 37.5 Å². The van der Waals surface area contributed by atoms with Crippen molar-refractivity contribution in [1.82, 2.24) is 9.71 Å². The van der Waals surface area contributed by atoms with E-state index >= 15 is 0 Å². The first-order valence-corrected chi connectivity index (χ1v) is 8.48. The highest BCUT2D eigenvalue weighted by atomic mass is 35.5. The maximum atomic E-state index is 12.3. The van der Waals surface area contributed by atoms with Crippen LogP contribution < -0.4 is 4.72 Å². The number of pyridine rings is 1. The van der Waals surface area contributed by atoms with Crippen LogP contribution in [0.5, 0.6) is 0 Å². The van der Waals surface area contributed by atoms with E-state index in [2.05, 4.69) is 9.71 Å². The van der Waals surface area contributed by atoms with Gasteiger partial charge in [-0.15, -0.1) is 0 Å². The first-order valence-electron chi connectivity index (χ1n) is 6.62. The predicted octanol–water partition coefficient (Wildman–Crippen LogP) is 2.25. The van der Waals surface area contributed by atoms with Crippen molar-refractivity contribution in [3.8, 4) is 0 Å². The molecule has 0 radical (unpaired) electrons. The number of aliphatic hydroxyl groups excluding tert-OH is 1. The average molecular weight is 329 g/mol. The number of unbranched alkanes of at least 4 members (excludes halogenated alkanes) is 1. The van der Waals surface area contributed by atoms with Crippen molar-refractivity contribution in [1.29, 1.82) is 0 Å². The average Bonchev–Trinajstić information content (AvgIpc) is 2.44. The fourth-order valence-electron chi connectivity index (χ4n) is 1.99. The van der Waals surface area contributed by atoms with Crippen molar-refractivity contribution in [3.05, 3.63) is 35.0 Å². The van der Waals surface area contributed by atoms with Crippen molar-refractivity contribution in [2.75, 3.05) is 13.2 Å². The molecule has 1 aromatic carbocycles. The lowest BCUT2D eigenvalue weighted by molar-refractivity contribution is 0.285. The zero-order valence-electron chi connectivity index (χ0n) is 11.6. The Morgan fingerprint density at radius 2 is 2.10 bits per heavy atom. The minimum atomic E-state index is -3.65. The number of hydrogen-bond donors (Lipinski definition) is 2. The van der Waals surface area contributed by atoms with Crippen LogP contribution in [0.4, 0.5) is 0 Å². The monoisotopic (exact) mass is 328 g/mol. The van der Waals surface area contributed by atoms with E-state index in [0.717, 1.165) is 10.9 Å². The van der Waals surface area contributed by atoms with Gasteiger partial charge in [0.15, 0.2) is 0 Å². The molecule has 21 heavy (non-hydrogen) atoms. The van der Waals surface area contributed by atoms with Crippen molar-refractivity contribution in [3.63, 3.8) is 0 Å². The van der Waals surface area contributed by atoms with Crippen LogP contribution in [0.2, 0.25) is 5.15 Å². The Morgan fingerprint density at radius 3 is 2.81 bits per heavy atom. The molecule has 0 saturated carbocycles. The zero-order valence-corrected chi connectivity index (χ0v) is 13.2. The van der Waals surface area contributed by atoms with E-state index in [1.54, 1.807) is 12.1 Å². The summed E-state index contributed by atoms with van der Waals surface area (Å²) in [5.74, 6) is 0. The van der Waals surface area contributed by atoms with Crippen LogP contribution >= 0.6 is 11.6 Å². The Morgan fingerprint density at radius 1 is 1.33 bits per heavy atom. The topological polar surface area (TPSA) is 79.3 Å². The Hall–Kier alpha value is -1.21. The lowest BCUT2D eigenvalue weighted by atomic mass is 10.2. The molecule has 0 saturated heterocycles. The first-order chi connectivity index (χ1) is 9.95. The van der Waals surface area contributed by atoms with E-state index in [1.807, 2.05) is 13.0 Å². The molecule has 0 atom stereocenters. The Bertz CT molecular complexity index is 747. The molecular formula is C14H17ClN2O3S. The molecule has 2 aromatic rings. The molecule has 1 aromatic heterocycles. The number of fused-ring (bicyclic) bond motifs is 1. The van der Waals surface area contributed by atoms with E-state index in [-0.39, 0.29) is 18.0 Å². The quantitative estimate of drug-likeness (QED) is 0.629. The van der Waals surface area contributed by atoms with Crippen LogP contribution in [0.1, 0.15) is 18.4 Å². The van der Waals surface area contributed by atoms with Gasteiger partial charge in [-0.3, -0.25) is 0 Å². The summed E-state index contributed by atoms with van der Waals surface area (Å²) in [7, 11) is -3.65. The van der Waals surface area contributed by atoms with Crippen LogP contribution in [0.15, 0.2) is 29.2 Å². The Balaban J connectivity index is 2.39. The number of sulfonamides is 1. The summed E-state index contributed by atoms with van der Waals surface area (Å²) in [5.41, 5.74) is 1.16. The number of nitrogens with zero attached hydrogens (tertiary/aromatic N) is 1. The second-order valence-electron chi connectivity index (χ2n) is 4.75. The molecule has 0 spiro atoms. The Kier molecular flexibility index (Phi) is 5.16. The largest absolute Gasteiger partial charge is 0.396 e. The molecule has 0 aliphatic rings. The normalized spacial score (nSPS) is 12.0. The van der Waals surface area contributed by atoms with Gasteiger partial charge in [-0.2, -0.15) is 0 Å². The van der Waals surface area contributed by atoms with E-state index in [1.165, 1.54) is 6.07 Å².